The molecule has 3 rings (SSSR count). The Balaban J connectivity index is 2.05. The molecular weight excluding hydrogens is 258 g/mol. The van der Waals surface area contributed by atoms with Crippen molar-refractivity contribution in [3.8, 4) is 0 Å². The van der Waals surface area contributed by atoms with Gasteiger partial charge in [-0.15, -0.1) is 0 Å². The summed E-state index contributed by atoms with van der Waals surface area (Å²) in [5.41, 5.74) is 2.34. The van der Waals surface area contributed by atoms with Crippen molar-refractivity contribution in [1.29, 1.82) is 5.41 Å². The molecule has 20 heavy (non-hydrogen) atoms. The second-order valence-electron chi connectivity index (χ2n) is 4.65. The zero-order chi connectivity index (χ0) is 14.1. The van der Waals surface area contributed by atoms with Gasteiger partial charge in [0.25, 0.3) is 0 Å². The van der Waals surface area contributed by atoms with Crippen LogP contribution in [0.5, 0.6) is 0 Å². The number of fused-ring (bicyclic) bond motifs is 1. The number of nitrogens with zero attached hydrogens (tertiary/aromatic N) is 1. The van der Waals surface area contributed by atoms with Crippen molar-refractivity contribution in [2.24, 2.45) is 0 Å². The number of rotatable bonds is 3. The molecule has 1 aromatic heterocycles. The third kappa shape index (κ3) is 2.20. The maximum atomic E-state index is 13.2. The fourth-order valence-corrected chi connectivity index (χ4v) is 2.41. The molecule has 0 saturated heterocycles. The van der Waals surface area contributed by atoms with Crippen molar-refractivity contribution >= 4 is 17.1 Å². The van der Waals surface area contributed by atoms with Crippen LogP contribution >= 0.6 is 0 Å². The zero-order valence-electron chi connectivity index (χ0n) is 10.6. The normalized spacial score (nSPS) is 10.9. The molecule has 0 saturated carbocycles. The number of hydrogen-bond acceptors (Lipinski definition) is 1. The maximum absolute atomic E-state index is 13.2. The summed E-state index contributed by atoms with van der Waals surface area (Å²) in [6, 6.07) is 11.1. The molecule has 0 amide bonds. The van der Waals surface area contributed by atoms with Crippen LogP contribution in [0, 0.1) is 17.0 Å². The molecule has 2 aromatic carbocycles. The Morgan fingerprint density at radius 3 is 2.50 bits per heavy atom. The molecule has 0 unspecified atom stereocenters. The first-order valence-corrected chi connectivity index (χ1v) is 6.20. The number of benzene rings is 2. The third-order valence-corrected chi connectivity index (χ3v) is 3.28. The average molecular weight is 270 g/mol. The molecule has 1 heterocycles. The van der Waals surface area contributed by atoms with Gasteiger partial charge in [-0.05, 0) is 29.8 Å². The van der Waals surface area contributed by atoms with Crippen LogP contribution in [0.2, 0.25) is 0 Å². The Labute approximate surface area is 114 Å². The molecule has 0 aliphatic carbocycles. The maximum Gasteiger partial charge on any atom is 0.126 e. The second kappa shape index (κ2) is 4.89. The highest BCUT2D eigenvalue weighted by atomic mass is 19.1. The highest BCUT2D eigenvalue weighted by Crippen LogP contribution is 2.20. The van der Waals surface area contributed by atoms with Crippen LogP contribution in [0.1, 0.15) is 11.1 Å². The monoisotopic (exact) mass is 270 g/mol. The lowest BCUT2D eigenvalue weighted by Gasteiger charge is -2.07. The van der Waals surface area contributed by atoms with E-state index in [-0.39, 0.29) is 0 Å². The first-order valence-electron chi connectivity index (χ1n) is 6.20. The molecule has 3 aromatic rings. The fourth-order valence-electron chi connectivity index (χ4n) is 2.41. The van der Waals surface area contributed by atoms with Gasteiger partial charge in [0.15, 0.2) is 0 Å². The quantitative estimate of drug-likeness (QED) is 0.698. The van der Waals surface area contributed by atoms with Gasteiger partial charge in [-0.2, -0.15) is 0 Å². The summed E-state index contributed by atoms with van der Waals surface area (Å²) < 4.78 is 28.3. The van der Waals surface area contributed by atoms with Crippen LogP contribution in [0.4, 0.5) is 8.78 Å². The molecule has 0 atom stereocenters. The van der Waals surface area contributed by atoms with Crippen LogP contribution in [0.3, 0.4) is 0 Å². The van der Waals surface area contributed by atoms with Crippen LogP contribution in [0.25, 0.3) is 10.9 Å². The van der Waals surface area contributed by atoms with E-state index in [9.17, 15) is 8.78 Å². The topological polar surface area (TPSA) is 28.8 Å². The van der Waals surface area contributed by atoms with Gasteiger partial charge >= 0.3 is 0 Å². The number of aromatic nitrogens is 1. The fraction of sp³-hybridized carbons (Fsp3) is 0.0625. The predicted molar refractivity (Wildman–Crippen MR) is 75.3 cm³/mol. The summed E-state index contributed by atoms with van der Waals surface area (Å²) in [7, 11) is 0. The minimum absolute atomic E-state index is 0.389. The standard InChI is InChI=1S/C16H12F2N2/c17-13-6-11(7-14(18)8-13)10-20-5-4-15-12(9-19)2-1-3-16(15)20/h1-9,19H,10H2. The summed E-state index contributed by atoms with van der Waals surface area (Å²) in [6.45, 7) is 0.389. The molecule has 0 bridgehead atoms. The minimum Gasteiger partial charge on any atom is -0.343 e. The van der Waals surface area contributed by atoms with Crippen molar-refractivity contribution in [2.75, 3.05) is 0 Å². The lowest BCUT2D eigenvalue weighted by molar-refractivity contribution is 0.578. The van der Waals surface area contributed by atoms with E-state index in [0.29, 0.717) is 12.1 Å². The van der Waals surface area contributed by atoms with E-state index >= 15 is 0 Å². The molecular formula is C16H12F2N2. The van der Waals surface area contributed by atoms with E-state index in [1.807, 2.05) is 35.0 Å². The largest absolute Gasteiger partial charge is 0.343 e. The smallest absolute Gasteiger partial charge is 0.126 e. The second-order valence-corrected chi connectivity index (χ2v) is 4.65. The summed E-state index contributed by atoms with van der Waals surface area (Å²) in [5.74, 6) is -1.15. The van der Waals surface area contributed by atoms with Gasteiger partial charge in [0.2, 0.25) is 0 Å². The molecule has 1 N–H and O–H groups in total. The van der Waals surface area contributed by atoms with Crippen molar-refractivity contribution < 1.29 is 8.78 Å². The highest BCUT2D eigenvalue weighted by molar-refractivity contribution is 5.97. The van der Waals surface area contributed by atoms with Gasteiger partial charge in [-0.25, -0.2) is 8.78 Å². The van der Waals surface area contributed by atoms with E-state index in [0.717, 1.165) is 22.5 Å². The molecule has 0 radical (unpaired) electrons. The lowest BCUT2D eigenvalue weighted by Crippen LogP contribution is -1.99. The van der Waals surface area contributed by atoms with Crippen molar-refractivity contribution in [3.63, 3.8) is 0 Å². The van der Waals surface area contributed by atoms with Gasteiger partial charge in [-0.3, -0.25) is 0 Å². The SMILES string of the molecule is N=Cc1cccc2c1ccn2Cc1cc(F)cc(F)c1. The summed E-state index contributed by atoms with van der Waals surface area (Å²) in [4.78, 5) is 0. The van der Waals surface area contributed by atoms with E-state index in [2.05, 4.69) is 0 Å². The molecule has 0 aliphatic rings. The van der Waals surface area contributed by atoms with Gasteiger partial charge in [0.1, 0.15) is 11.6 Å². The zero-order valence-corrected chi connectivity index (χ0v) is 10.6. The van der Waals surface area contributed by atoms with Gasteiger partial charge in [-0.1, -0.05) is 12.1 Å². The summed E-state index contributed by atoms with van der Waals surface area (Å²) in [6.07, 6.45) is 3.16. The number of hydrogen-bond donors (Lipinski definition) is 1. The van der Waals surface area contributed by atoms with Crippen molar-refractivity contribution in [2.45, 2.75) is 6.54 Å². The van der Waals surface area contributed by atoms with Crippen LogP contribution in [-0.2, 0) is 6.54 Å². The van der Waals surface area contributed by atoms with Crippen molar-refractivity contribution in [1.82, 2.24) is 4.57 Å². The molecule has 0 fully saturated rings. The predicted octanol–water partition coefficient (Wildman–Crippen LogP) is 3.97. The molecule has 0 spiro atoms. The summed E-state index contributed by atoms with van der Waals surface area (Å²) in [5, 5.41) is 8.34. The van der Waals surface area contributed by atoms with Gasteiger partial charge < -0.3 is 9.98 Å². The first-order chi connectivity index (χ1) is 9.67. The lowest BCUT2D eigenvalue weighted by atomic mass is 10.1. The van der Waals surface area contributed by atoms with Crippen LogP contribution in [-0.4, -0.2) is 10.8 Å². The van der Waals surface area contributed by atoms with E-state index in [1.54, 1.807) is 0 Å². The Morgan fingerprint density at radius 1 is 1.05 bits per heavy atom. The minimum atomic E-state index is -0.573. The number of nitrogens with one attached hydrogen (secondary N) is 1. The van der Waals surface area contributed by atoms with Crippen LogP contribution < -0.4 is 0 Å². The third-order valence-electron chi connectivity index (χ3n) is 3.28. The van der Waals surface area contributed by atoms with Gasteiger partial charge in [0.05, 0.1) is 0 Å². The Hall–Kier alpha value is -2.49. The van der Waals surface area contributed by atoms with Crippen LogP contribution in [0.15, 0.2) is 48.7 Å². The van der Waals surface area contributed by atoms with Gasteiger partial charge in [0, 0.05) is 41.5 Å². The summed E-state index contributed by atoms with van der Waals surface area (Å²) >= 11 is 0. The molecule has 0 aliphatic heterocycles. The number of halogens is 2. The van der Waals surface area contributed by atoms with Crippen molar-refractivity contribution in [3.05, 3.63) is 71.4 Å². The Morgan fingerprint density at radius 2 is 1.80 bits per heavy atom. The van der Waals surface area contributed by atoms with E-state index < -0.39 is 11.6 Å². The average Bonchev–Trinajstić information content (AvgIpc) is 2.81. The Kier molecular flexibility index (Phi) is 3.06. The molecule has 100 valence electrons. The first kappa shape index (κ1) is 12.5. The van der Waals surface area contributed by atoms with E-state index in [1.165, 1.54) is 18.3 Å². The Bertz CT molecular complexity index is 770. The molecule has 4 heteroatoms. The van der Waals surface area contributed by atoms with E-state index in [4.69, 9.17) is 5.41 Å². The molecule has 2 nitrogen and oxygen atoms in total. The highest BCUT2D eigenvalue weighted by Gasteiger charge is 2.06.